The Labute approximate surface area is 137 Å². The second-order valence-electron chi connectivity index (χ2n) is 4.99. The van der Waals surface area contributed by atoms with E-state index in [9.17, 15) is 8.42 Å². The number of ether oxygens (including phenoxy) is 2. The van der Waals surface area contributed by atoms with Gasteiger partial charge in [0.1, 0.15) is 4.90 Å². The van der Waals surface area contributed by atoms with E-state index in [2.05, 4.69) is 9.71 Å². The number of hydrogen-bond acceptors (Lipinski definition) is 4. The second kappa shape index (κ2) is 5.07. The van der Waals surface area contributed by atoms with Crippen molar-refractivity contribution >= 4 is 38.2 Å². The van der Waals surface area contributed by atoms with Crippen molar-refractivity contribution in [2.24, 2.45) is 0 Å². The zero-order valence-electron chi connectivity index (χ0n) is 11.7. The van der Waals surface area contributed by atoms with Crippen LogP contribution in [0.4, 0.5) is 5.69 Å². The number of aromatic nitrogens is 1. The molecule has 2 N–H and O–H groups in total. The third-order valence-electron chi connectivity index (χ3n) is 3.54. The molecule has 23 heavy (non-hydrogen) atoms. The van der Waals surface area contributed by atoms with E-state index in [0.29, 0.717) is 33.1 Å². The zero-order valence-corrected chi connectivity index (χ0v) is 13.2. The number of H-pyrrole nitrogens is 1. The first-order chi connectivity index (χ1) is 11.0. The molecule has 0 saturated carbocycles. The normalized spacial score (nSPS) is 13.4. The topological polar surface area (TPSA) is 80.4 Å². The number of para-hydroxylation sites is 1. The van der Waals surface area contributed by atoms with Gasteiger partial charge in [0.15, 0.2) is 11.5 Å². The Morgan fingerprint density at radius 1 is 1.17 bits per heavy atom. The summed E-state index contributed by atoms with van der Waals surface area (Å²) in [6.07, 6.45) is 1.43. The van der Waals surface area contributed by atoms with Crippen LogP contribution in [0.3, 0.4) is 0 Å². The molecule has 8 heteroatoms. The van der Waals surface area contributed by atoms with E-state index in [1.807, 2.05) is 0 Å². The predicted octanol–water partition coefficient (Wildman–Crippen LogP) is 3.35. The van der Waals surface area contributed by atoms with Crippen molar-refractivity contribution in [3.05, 3.63) is 47.6 Å². The Kier molecular flexibility index (Phi) is 3.14. The fraction of sp³-hybridized carbons (Fsp3) is 0.0667. The Morgan fingerprint density at radius 3 is 2.91 bits per heavy atom. The maximum Gasteiger partial charge on any atom is 0.264 e. The molecule has 4 rings (SSSR count). The predicted molar refractivity (Wildman–Crippen MR) is 86.7 cm³/mol. The zero-order chi connectivity index (χ0) is 16.0. The molecule has 6 nitrogen and oxygen atoms in total. The van der Waals surface area contributed by atoms with E-state index in [1.165, 1.54) is 6.20 Å². The Bertz CT molecular complexity index is 1010. The van der Waals surface area contributed by atoms with Gasteiger partial charge in [0, 0.05) is 22.1 Å². The molecule has 0 bridgehead atoms. The van der Waals surface area contributed by atoms with Crippen LogP contribution in [-0.4, -0.2) is 20.2 Å². The molecule has 0 radical (unpaired) electrons. The summed E-state index contributed by atoms with van der Waals surface area (Å²) in [5, 5.41) is 1.09. The van der Waals surface area contributed by atoms with Crippen molar-refractivity contribution in [1.29, 1.82) is 0 Å². The molecule has 0 aliphatic carbocycles. The number of rotatable bonds is 3. The number of nitrogens with one attached hydrogen (secondary N) is 2. The number of hydrogen-bond donors (Lipinski definition) is 2. The van der Waals surface area contributed by atoms with Crippen LogP contribution in [0, 0.1) is 0 Å². The van der Waals surface area contributed by atoms with Gasteiger partial charge in [-0.05, 0) is 30.3 Å². The standard InChI is InChI=1S/C15H11ClN2O4S/c16-9-4-5-10-12(6-9)17-7-14(10)23(19,20)18-11-2-1-3-13-15(11)22-8-21-13/h1-7,17-18H,8H2. The van der Waals surface area contributed by atoms with Gasteiger partial charge in [-0.15, -0.1) is 0 Å². The van der Waals surface area contributed by atoms with Crippen LogP contribution in [0.15, 0.2) is 47.5 Å². The summed E-state index contributed by atoms with van der Waals surface area (Å²) < 4.78 is 38.5. The molecule has 0 amide bonds. The first kappa shape index (κ1) is 14.2. The van der Waals surface area contributed by atoms with Crippen molar-refractivity contribution in [1.82, 2.24) is 4.98 Å². The summed E-state index contributed by atoms with van der Waals surface area (Å²) in [7, 11) is -3.79. The molecule has 0 spiro atoms. The van der Waals surface area contributed by atoms with Crippen molar-refractivity contribution in [3.63, 3.8) is 0 Å². The van der Waals surface area contributed by atoms with Crippen LogP contribution in [0.1, 0.15) is 0 Å². The lowest BCUT2D eigenvalue weighted by atomic mass is 10.2. The molecule has 0 saturated heterocycles. The average molecular weight is 351 g/mol. The van der Waals surface area contributed by atoms with Gasteiger partial charge in [-0.2, -0.15) is 0 Å². The first-order valence-electron chi connectivity index (χ1n) is 6.73. The molecule has 0 unspecified atom stereocenters. The molecule has 118 valence electrons. The lowest BCUT2D eigenvalue weighted by molar-refractivity contribution is 0.174. The van der Waals surface area contributed by atoms with Crippen LogP contribution >= 0.6 is 11.6 Å². The number of aromatic amines is 1. The van der Waals surface area contributed by atoms with Crippen LogP contribution in [0.2, 0.25) is 5.02 Å². The molecule has 0 fully saturated rings. The molecule has 0 atom stereocenters. The minimum Gasteiger partial charge on any atom is -0.454 e. The number of fused-ring (bicyclic) bond motifs is 2. The van der Waals surface area contributed by atoms with Gasteiger partial charge in [-0.3, -0.25) is 4.72 Å². The number of halogens is 1. The fourth-order valence-corrected chi connectivity index (χ4v) is 3.92. The summed E-state index contributed by atoms with van der Waals surface area (Å²) in [6, 6.07) is 10.0. The minimum atomic E-state index is -3.79. The summed E-state index contributed by atoms with van der Waals surface area (Å²) in [6.45, 7) is 0.0691. The van der Waals surface area contributed by atoms with Crippen LogP contribution in [0.5, 0.6) is 11.5 Å². The van der Waals surface area contributed by atoms with E-state index in [-0.39, 0.29) is 11.7 Å². The Morgan fingerprint density at radius 2 is 2.04 bits per heavy atom. The number of sulfonamides is 1. The Balaban J connectivity index is 1.77. The third-order valence-corrected chi connectivity index (χ3v) is 5.18. The maximum atomic E-state index is 12.7. The maximum absolute atomic E-state index is 12.7. The monoisotopic (exact) mass is 350 g/mol. The summed E-state index contributed by atoms with van der Waals surface area (Å²) in [5.74, 6) is 0.898. The quantitative estimate of drug-likeness (QED) is 0.759. The van der Waals surface area contributed by atoms with Gasteiger partial charge >= 0.3 is 0 Å². The minimum absolute atomic E-state index is 0.0691. The van der Waals surface area contributed by atoms with E-state index in [4.69, 9.17) is 21.1 Å². The summed E-state index contributed by atoms with van der Waals surface area (Å²) in [4.78, 5) is 3.05. The first-order valence-corrected chi connectivity index (χ1v) is 8.59. The van der Waals surface area contributed by atoms with Crippen molar-refractivity contribution in [2.75, 3.05) is 11.5 Å². The lowest BCUT2D eigenvalue weighted by Gasteiger charge is -2.09. The van der Waals surface area contributed by atoms with E-state index < -0.39 is 10.0 Å². The van der Waals surface area contributed by atoms with Crippen LogP contribution in [0.25, 0.3) is 10.9 Å². The molecular weight excluding hydrogens is 340 g/mol. The van der Waals surface area contributed by atoms with Gasteiger partial charge < -0.3 is 14.5 Å². The van der Waals surface area contributed by atoms with Crippen molar-refractivity contribution in [2.45, 2.75) is 4.90 Å². The number of benzene rings is 2. The summed E-state index contributed by atoms with van der Waals surface area (Å²) in [5.41, 5.74) is 0.985. The largest absolute Gasteiger partial charge is 0.454 e. The number of anilines is 1. The molecule has 2 heterocycles. The fourth-order valence-electron chi connectivity index (χ4n) is 2.50. The van der Waals surface area contributed by atoms with E-state index in [1.54, 1.807) is 36.4 Å². The summed E-state index contributed by atoms with van der Waals surface area (Å²) >= 11 is 5.92. The molecule has 1 aromatic heterocycles. The third kappa shape index (κ3) is 2.38. The van der Waals surface area contributed by atoms with E-state index in [0.717, 1.165) is 0 Å². The average Bonchev–Trinajstić information content (AvgIpc) is 3.13. The highest BCUT2D eigenvalue weighted by atomic mass is 35.5. The highest BCUT2D eigenvalue weighted by molar-refractivity contribution is 7.93. The van der Waals surface area contributed by atoms with Gasteiger partial charge in [0.25, 0.3) is 10.0 Å². The SMILES string of the molecule is O=S(=O)(Nc1cccc2c1OCO2)c1c[nH]c2cc(Cl)ccc12. The van der Waals surface area contributed by atoms with Crippen molar-refractivity contribution < 1.29 is 17.9 Å². The van der Waals surface area contributed by atoms with Crippen LogP contribution < -0.4 is 14.2 Å². The Hall–Kier alpha value is -2.38. The van der Waals surface area contributed by atoms with Crippen LogP contribution in [-0.2, 0) is 10.0 Å². The second-order valence-corrected chi connectivity index (χ2v) is 7.07. The lowest BCUT2D eigenvalue weighted by Crippen LogP contribution is -2.13. The van der Waals surface area contributed by atoms with Gasteiger partial charge in [0.2, 0.25) is 6.79 Å². The highest BCUT2D eigenvalue weighted by Gasteiger charge is 2.24. The van der Waals surface area contributed by atoms with Gasteiger partial charge in [-0.1, -0.05) is 17.7 Å². The molecular formula is C15H11ClN2O4S. The smallest absolute Gasteiger partial charge is 0.264 e. The molecule has 2 aromatic carbocycles. The highest BCUT2D eigenvalue weighted by Crippen LogP contribution is 2.40. The molecule has 1 aliphatic rings. The van der Waals surface area contributed by atoms with Crippen molar-refractivity contribution in [3.8, 4) is 11.5 Å². The van der Waals surface area contributed by atoms with Gasteiger partial charge in [-0.25, -0.2) is 8.42 Å². The van der Waals surface area contributed by atoms with E-state index >= 15 is 0 Å². The molecule has 1 aliphatic heterocycles. The van der Waals surface area contributed by atoms with Gasteiger partial charge in [0.05, 0.1) is 5.69 Å². The molecule has 3 aromatic rings.